The first-order valence-electron chi connectivity index (χ1n) is 12.6. The minimum atomic E-state index is -0.860. The number of fused-ring (bicyclic) bond motifs is 2. The Hall–Kier alpha value is -4.18. The van der Waals surface area contributed by atoms with Crippen LogP contribution in [0.25, 0.3) is 33.4 Å². The Balaban J connectivity index is 0.00000100. The molecule has 1 fully saturated rings. The summed E-state index contributed by atoms with van der Waals surface area (Å²) in [6.45, 7) is 4.61. The van der Waals surface area contributed by atoms with Crippen LogP contribution in [0.15, 0.2) is 57.7 Å². The van der Waals surface area contributed by atoms with Gasteiger partial charge >= 0.3 is 5.97 Å². The van der Waals surface area contributed by atoms with E-state index in [1.54, 1.807) is 29.4 Å². The summed E-state index contributed by atoms with van der Waals surface area (Å²) in [5, 5.41) is 19.9. The minimum absolute atomic E-state index is 0.0146. The number of carbonyl (C=O) groups excluding carboxylic acids is 1. The molecule has 2 aromatic carbocycles. The number of phenolic OH excluding ortho intramolecular Hbond substituents is 1. The number of benzene rings is 3. The van der Waals surface area contributed by atoms with Crippen molar-refractivity contribution in [2.24, 2.45) is 5.92 Å². The highest BCUT2D eigenvalue weighted by Crippen LogP contribution is 2.43. The molecule has 206 valence electrons. The molecule has 0 saturated carbocycles. The van der Waals surface area contributed by atoms with E-state index in [1.165, 1.54) is 30.3 Å². The molecule has 0 aromatic heterocycles. The summed E-state index contributed by atoms with van der Waals surface area (Å²) < 4.78 is 5.91. The average molecular weight is 552 g/mol. The van der Waals surface area contributed by atoms with Crippen molar-refractivity contribution >= 4 is 46.8 Å². The Kier molecular flexibility index (Phi) is 9.47. The fraction of sp³-hybridized carbons (Fsp3) is 0.276. The van der Waals surface area contributed by atoms with Gasteiger partial charge in [-0.2, -0.15) is 12.6 Å². The lowest BCUT2D eigenvalue weighted by atomic mass is 9.89. The minimum Gasteiger partial charge on any atom is -0.508 e. The van der Waals surface area contributed by atoms with Gasteiger partial charge < -0.3 is 31.0 Å². The van der Waals surface area contributed by atoms with Crippen molar-refractivity contribution in [3.8, 4) is 28.2 Å². The molecule has 2 aliphatic heterocycles. The first-order chi connectivity index (χ1) is 18.7. The molecule has 1 aliphatic carbocycles. The maximum atomic E-state index is 13.7. The molecule has 0 atom stereocenters. The third kappa shape index (κ3) is 5.96. The zero-order chi connectivity index (χ0) is 28.9. The van der Waals surface area contributed by atoms with Crippen molar-refractivity contribution in [1.82, 2.24) is 4.90 Å². The predicted molar refractivity (Wildman–Crippen MR) is 158 cm³/mol. The van der Waals surface area contributed by atoms with E-state index < -0.39 is 11.9 Å². The molecule has 1 amide bonds. The number of carboxylic acid groups (broad SMARTS) is 1. The number of anilines is 2. The Labute approximate surface area is 231 Å². The molecule has 0 unspecified atom stereocenters. The standard InChI is InChI=1S/C26H23N3O6.C2H6.CH4S/c27-20-11-18(19(12-21(20)28)25(32)29-7-5-13(6-8-29)26(33)34)24-16-3-1-14(30)9-22(16)35-23-10-15(31)2-4-17(23)24;2*1-2/h1-4,9-13,30H,5-8,27-28H2,(H,33,34);1-2H3;2H,1H3. The van der Waals surface area contributed by atoms with Crippen LogP contribution in [0.4, 0.5) is 11.4 Å². The lowest BCUT2D eigenvalue weighted by Gasteiger charge is -2.31. The second kappa shape index (κ2) is 12.6. The zero-order valence-corrected chi connectivity index (χ0v) is 23.0. The number of aromatic hydroxyl groups is 1. The fourth-order valence-electron chi connectivity index (χ4n) is 4.67. The van der Waals surface area contributed by atoms with E-state index in [0.29, 0.717) is 64.9 Å². The second-order valence-corrected chi connectivity index (χ2v) is 8.75. The van der Waals surface area contributed by atoms with E-state index in [-0.39, 0.29) is 28.5 Å². The summed E-state index contributed by atoms with van der Waals surface area (Å²) >= 11 is 3.53. The maximum Gasteiger partial charge on any atom is 0.306 e. The molecule has 0 spiro atoms. The van der Waals surface area contributed by atoms with Crippen LogP contribution < -0.4 is 16.9 Å². The monoisotopic (exact) mass is 551 g/mol. The zero-order valence-electron chi connectivity index (χ0n) is 22.1. The van der Waals surface area contributed by atoms with Crippen LogP contribution >= 0.6 is 12.6 Å². The Morgan fingerprint density at radius 2 is 1.59 bits per heavy atom. The van der Waals surface area contributed by atoms with Gasteiger partial charge in [0.25, 0.3) is 5.91 Å². The number of nitrogen functional groups attached to an aromatic ring is 2. The summed E-state index contributed by atoms with van der Waals surface area (Å²) in [7, 11) is 0. The molecule has 1 saturated heterocycles. The number of amides is 1. The lowest BCUT2D eigenvalue weighted by molar-refractivity contribution is -0.143. The number of carboxylic acids is 1. The van der Waals surface area contributed by atoms with E-state index in [1.807, 2.05) is 13.8 Å². The number of piperidine rings is 1. The highest BCUT2D eigenvalue weighted by atomic mass is 32.1. The van der Waals surface area contributed by atoms with Gasteiger partial charge in [0.2, 0.25) is 0 Å². The number of phenols is 1. The first-order valence-corrected chi connectivity index (χ1v) is 13.5. The maximum absolute atomic E-state index is 13.7. The second-order valence-electron chi connectivity index (χ2n) is 8.75. The van der Waals surface area contributed by atoms with Gasteiger partial charge in [-0.1, -0.05) is 13.8 Å². The van der Waals surface area contributed by atoms with Gasteiger partial charge in [-0.15, -0.1) is 0 Å². The molecule has 9 nitrogen and oxygen atoms in total. The first kappa shape index (κ1) is 29.4. The van der Waals surface area contributed by atoms with Crippen LogP contribution in [-0.4, -0.2) is 46.3 Å². The molecular weight excluding hydrogens is 518 g/mol. The molecule has 5 rings (SSSR count). The number of nitrogens with two attached hydrogens (primary N) is 2. The average Bonchev–Trinajstić information content (AvgIpc) is 2.94. The largest absolute Gasteiger partial charge is 0.508 e. The van der Waals surface area contributed by atoms with E-state index in [4.69, 9.17) is 15.9 Å². The van der Waals surface area contributed by atoms with Gasteiger partial charge in [0.1, 0.15) is 17.1 Å². The number of aliphatic carboxylic acids is 1. The molecule has 0 radical (unpaired) electrons. The third-order valence-corrected chi connectivity index (χ3v) is 6.53. The third-order valence-electron chi connectivity index (χ3n) is 6.53. The quantitative estimate of drug-likeness (QED) is 0.136. The Morgan fingerprint density at radius 3 is 2.23 bits per heavy atom. The lowest BCUT2D eigenvalue weighted by Crippen LogP contribution is -2.40. The van der Waals surface area contributed by atoms with Crippen LogP contribution in [0.1, 0.15) is 37.0 Å². The van der Waals surface area contributed by atoms with Crippen molar-refractivity contribution < 1.29 is 24.2 Å². The fourth-order valence-corrected chi connectivity index (χ4v) is 4.67. The van der Waals surface area contributed by atoms with Crippen LogP contribution in [0.5, 0.6) is 5.75 Å². The van der Waals surface area contributed by atoms with E-state index >= 15 is 0 Å². The van der Waals surface area contributed by atoms with Crippen LogP contribution in [0.3, 0.4) is 0 Å². The Morgan fingerprint density at radius 1 is 0.949 bits per heavy atom. The highest BCUT2D eigenvalue weighted by Gasteiger charge is 2.30. The summed E-state index contributed by atoms with van der Waals surface area (Å²) in [5.74, 6) is -1.35. The molecule has 2 heterocycles. The number of likely N-dealkylation sites (tertiary alicyclic amines) is 1. The predicted octanol–water partition coefficient (Wildman–Crippen LogP) is 4.94. The van der Waals surface area contributed by atoms with Gasteiger partial charge in [-0.3, -0.25) is 14.4 Å². The van der Waals surface area contributed by atoms with E-state index in [2.05, 4.69) is 12.6 Å². The normalized spacial score (nSPS) is 13.3. The molecule has 0 bridgehead atoms. The van der Waals surface area contributed by atoms with Crippen molar-refractivity contribution in [2.45, 2.75) is 26.7 Å². The van der Waals surface area contributed by atoms with Gasteiger partial charge in [0.05, 0.1) is 17.3 Å². The molecule has 2 aromatic rings. The topological polar surface area (TPSA) is 160 Å². The van der Waals surface area contributed by atoms with Crippen molar-refractivity contribution in [2.75, 3.05) is 30.8 Å². The van der Waals surface area contributed by atoms with Gasteiger partial charge in [0.15, 0.2) is 5.43 Å². The molecule has 39 heavy (non-hydrogen) atoms. The van der Waals surface area contributed by atoms with E-state index in [0.717, 1.165) is 0 Å². The SMILES string of the molecule is CC.CS.Nc1cc(C(=O)N2CCC(C(=O)O)CC2)c(-c2c3ccc(=O)cc-3oc3cc(O)ccc23)cc1N. The van der Waals surface area contributed by atoms with Gasteiger partial charge in [-0.05, 0) is 61.1 Å². The van der Waals surface area contributed by atoms with Gasteiger partial charge in [0, 0.05) is 47.3 Å². The number of hydrogen-bond donors (Lipinski definition) is 5. The number of nitrogens with zero attached hydrogens (tertiary/aromatic N) is 1. The molecular formula is C29H33N3O6S. The Bertz CT molecular complexity index is 1530. The van der Waals surface area contributed by atoms with Crippen LogP contribution in [-0.2, 0) is 4.79 Å². The van der Waals surface area contributed by atoms with Crippen LogP contribution in [0.2, 0.25) is 0 Å². The number of thiol groups is 1. The molecule has 3 aliphatic rings. The van der Waals surface area contributed by atoms with Crippen molar-refractivity contribution in [1.29, 1.82) is 0 Å². The van der Waals surface area contributed by atoms with Crippen molar-refractivity contribution in [3.05, 3.63) is 64.3 Å². The molecule has 10 heteroatoms. The summed E-state index contributed by atoms with van der Waals surface area (Å²) in [4.78, 5) is 38.7. The van der Waals surface area contributed by atoms with Crippen molar-refractivity contribution in [3.63, 3.8) is 0 Å². The number of rotatable bonds is 3. The van der Waals surface area contributed by atoms with Gasteiger partial charge in [-0.25, -0.2) is 0 Å². The van der Waals surface area contributed by atoms with Crippen LogP contribution in [0, 0.1) is 5.92 Å². The summed E-state index contributed by atoms with van der Waals surface area (Å²) in [6.07, 6.45) is 2.42. The summed E-state index contributed by atoms with van der Waals surface area (Å²) in [5.41, 5.74) is 14.9. The number of hydrogen-bond acceptors (Lipinski definition) is 8. The smallest absolute Gasteiger partial charge is 0.306 e. The highest BCUT2D eigenvalue weighted by molar-refractivity contribution is 7.79. The number of carbonyl (C=O) groups is 2. The summed E-state index contributed by atoms with van der Waals surface area (Å²) in [6, 6.07) is 12.2. The van der Waals surface area contributed by atoms with E-state index in [9.17, 15) is 24.6 Å². The molecule has 6 N–H and O–H groups in total.